The van der Waals surface area contributed by atoms with Crippen molar-refractivity contribution >= 4 is 22.6 Å². The molecule has 0 aromatic carbocycles. The summed E-state index contributed by atoms with van der Waals surface area (Å²) in [6, 6.07) is 0. The van der Waals surface area contributed by atoms with E-state index in [2.05, 4.69) is 22.6 Å². The topological polar surface area (TPSA) is 0 Å². The predicted molar refractivity (Wildman–Crippen MR) is 28.8 cm³/mol. The SMILES string of the molecule is C/C=C/I. The Kier molecular flexibility index (Phi) is 3.88. The van der Waals surface area contributed by atoms with Crippen molar-refractivity contribution in [1.29, 1.82) is 0 Å². The molecule has 0 amide bonds. The molecule has 0 atom stereocenters. The van der Waals surface area contributed by atoms with E-state index >= 15 is 0 Å². The zero-order chi connectivity index (χ0) is 3.41. The van der Waals surface area contributed by atoms with E-state index in [4.69, 9.17) is 0 Å². The summed E-state index contributed by atoms with van der Waals surface area (Å²) in [7, 11) is 0. The normalized spacial score (nSPS) is 9.50. The molecule has 24 valence electrons. The fraction of sp³-hybridized carbons (Fsp3) is 0.333. The molecule has 0 aromatic heterocycles. The van der Waals surface area contributed by atoms with Gasteiger partial charge in [-0.3, -0.25) is 0 Å². The van der Waals surface area contributed by atoms with Gasteiger partial charge in [0.05, 0.1) is 0 Å². The summed E-state index contributed by atoms with van der Waals surface area (Å²) in [5.41, 5.74) is 0. The molecule has 0 spiro atoms. The van der Waals surface area contributed by atoms with Crippen molar-refractivity contribution in [3.8, 4) is 0 Å². The lowest BCUT2D eigenvalue weighted by Crippen LogP contribution is -1.18. The molecule has 0 radical (unpaired) electrons. The van der Waals surface area contributed by atoms with Crippen LogP contribution in [0.4, 0.5) is 0 Å². The van der Waals surface area contributed by atoms with E-state index in [9.17, 15) is 0 Å². The van der Waals surface area contributed by atoms with Crippen LogP contribution in [-0.2, 0) is 0 Å². The highest BCUT2D eigenvalue weighted by Crippen LogP contribution is 1.78. The second-order valence-corrected chi connectivity index (χ2v) is 1.18. The summed E-state index contributed by atoms with van der Waals surface area (Å²) in [6.45, 7) is 1.99. The van der Waals surface area contributed by atoms with E-state index in [-0.39, 0.29) is 0 Å². The van der Waals surface area contributed by atoms with Crippen molar-refractivity contribution in [1.82, 2.24) is 0 Å². The average molecular weight is 168 g/mol. The number of hydrogen-bond donors (Lipinski definition) is 0. The van der Waals surface area contributed by atoms with Crippen LogP contribution in [0.25, 0.3) is 0 Å². The molecule has 0 heterocycles. The molecule has 1 heteroatoms. The van der Waals surface area contributed by atoms with Crippen molar-refractivity contribution in [3.63, 3.8) is 0 Å². The van der Waals surface area contributed by atoms with Gasteiger partial charge in [0, 0.05) is 0 Å². The van der Waals surface area contributed by atoms with Crippen LogP contribution in [0.3, 0.4) is 0 Å². The minimum absolute atomic E-state index is 1.97. The first-order valence-corrected chi connectivity index (χ1v) is 2.37. The standard InChI is InChI=1S/C3H5I/c1-2-3-4/h2-3H,1H3/b3-2+. The number of halogens is 1. The zero-order valence-corrected chi connectivity index (χ0v) is 4.69. The fourth-order valence-corrected chi connectivity index (χ4v) is 0. The minimum Gasteiger partial charge on any atom is -0.0816 e. The Morgan fingerprint density at radius 1 is 1.75 bits per heavy atom. The van der Waals surface area contributed by atoms with Gasteiger partial charge in [0.2, 0.25) is 0 Å². The lowest BCUT2D eigenvalue weighted by Gasteiger charge is -1.47. The van der Waals surface area contributed by atoms with E-state index < -0.39 is 0 Å². The molecule has 0 aromatic rings. The molecule has 0 unspecified atom stereocenters. The maximum atomic E-state index is 2.17. The summed E-state index contributed by atoms with van der Waals surface area (Å²) in [5, 5.41) is 0. The van der Waals surface area contributed by atoms with Crippen LogP contribution in [0.1, 0.15) is 6.92 Å². The highest BCUT2D eigenvalue weighted by atomic mass is 127. The minimum atomic E-state index is 1.97. The van der Waals surface area contributed by atoms with Crippen molar-refractivity contribution in [2.45, 2.75) is 6.92 Å². The molecule has 0 aliphatic carbocycles. The van der Waals surface area contributed by atoms with E-state index in [1.807, 2.05) is 17.1 Å². The van der Waals surface area contributed by atoms with Gasteiger partial charge in [-0.15, -0.1) is 0 Å². The Balaban J connectivity index is 2.55. The molecule has 0 N–H and O–H groups in total. The Morgan fingerprint density at radius 3 is 2.00 bits per heavy atom. The van der Waals surface area contributed by atoms with Gasteiger partial charge >= 0.3 is 0 Å². The van der Waals surface area contributed by atoms with Gasteiger partial charge in [-0.2, -0.15) is 0 Å². The first kappa shape index (κ1) is 4.47. The molecule has 0 nitrogen and oxygen atoms in total. The monoisotopic (exact) mass is 168 g/mol. The summed E-state index contributed by atoms with van der Waals surface area (Å²) < 4.78 is 1.97. The van der Waals surface area contributed by atoms with Gasteiger partial charge in [-0.1, -0.05) is 28.7 Å². The smallest absolute Gasteiger partial charge is 0.0277 e. The van der Waals surface area contributed by atoms with Crippen LogP contribution >= 0.6 is 22.6 Å². The molecular formula is C3H5I. The quantitative estimate of drug-likeness (QED) is 0.485. The van der Waals surface area contributed by atoms with Crippen LogP contribution < -0.4 is 0 Å². The molecule has 0 aliphatic heterocycles. The van der Waals surface area contributed by atoms with Crippen molar-refractivity contribution in [2.24, 2.45) is 0 Å². The van der Waals surface area contributed by atoms with Crippen molar-refractivity contribution in [3.05, 3.63) is 10.2 Å². The largest absolute Gasteiger partial charge is 0.0816 e. The Morgan fingerprint density at radius 2 is 2.00 bits per heavy atom. The molecule has 0 bridgehead atoms. The van der Waals surface area contributed by atoms with Crippen molar-refractivity contribution in [2.75, 3.05) is 0 Å². The number of allylic oxidation sites excluding steroid dienone is 1. The van der Waals surface area contributed by atoms with Gasteiger partial charge in [-0.05, 0) is 11.0 Å². The summed E-state index contributed by atoms with van der Waals surface area (Å²) >= 11 is 2.17. The molecule has 0 saturated carbocycles. The van der Waals surface area contributed by atoms with E-state index in [0.717, 1.165) is 0 Å². The van der Waals surface area contributed by atoms with Gasteiger partial charge in [0.15, 0.2) is 0 Å². The predicted octanol–water partition coefficient (Wildman–Crippen LogP) is 1.96. The fourth-order valence-electron chi connectivity index (χ4n) is 0. The average Bonchev–Trinajstić information content (AvgIpc) is 1.37. The number of rotatable bonds is 0. The molecular weight excluding hydrogens is 163 g/mol. The third-order valence-electron chi connectivity index (χ3n) is 0.126. The summed E-state index contributed by atoms with van der Waals surface area (Å²) in [6.07, 6.45) is 1.99. The van der Waals surface area contributed by atoms with Gasteiger partial charge in [-0.25, -0.2) is 0 Å². The first-order chi connectivity index (χ1) is 1.91. The second-order valence-electron chi connectivity index (χ2n) is 0.459. The highest BCUT2D eigenvalue weighted by molar-refractivity contribution is 14.1. The Hall–Kier alpha value is 0.470. The number of hydrogen-bond acceptors (Lipinski definition) is 0. The summed E-state index contributed by atoms with van der Waals surface area (Å²) in [5.74, 6) is 0. The second kappa shape index (κ2) is 3.47. The Labute approximate surface area is 40.0 Å². The Bertz CT molecular complexity index is 18.5. The molecule has 0 fully saturated rings. The molecule has 0 aliphatic rings. The maximum absolute atomic E-state index is 2.17. The van der Waals surface area contributed by atoms with Crippen LogP contribution in [0.5, 0.6) is 0 Å². The summed E-state index contributed by atoms with van der Waals surface area (Å²) in [4.78, 5) is 0. The van der Waals surface area contributed by atoms with Crippen LogP contribution in [0.2, 0.25) is 0 Å². The lowest BCUT2D eigenvalue weighted by molar-refractivity contribution is 1.80. The van der Waals surface area contributed by atoms with E-state index in [1.54, 1.807) is 0 Å². The maximum Gasteiger partial charge on any atom is -0.0277 e. The molecule has 0 saturated heterocycles. The van der Waals surface area contributed by atoms with Crippen LogP contribution in [0.15, 0.2) is 10.2 Å². The van der Waals surface area contributed by atoms with Gasteiger partial charge in [0.1, 0.15) is 0 Å². The van der Waals surface area contributed by atoms with Crippen LogP contribution in [-0.4, -0.2) is 0 Å². The van der Waals surface area contributed by atoms with E-state index in [0.29, 0.717) is 0 Å². The lowest BCUT2D eigenvalue weighted by atomic mass is 10.8. The van der Waals surface area contributed by atoms with Crippen molar-refractivity contribution < 1.29 is 0 Å². The van der Waals surface area contributed by atoms with Gasteiger partial charge in [0.25, 0.3) is 0 Å². The van der Waals surface area contributed by atoms with E-state index in [1.165, 1.54) is 0 Å². The third kappa shape index (κ3) is 2.47. The molecule has 0 rings (SSSR count). The zero-order valence-electron chi connectivity index (χ0n) is 2.53. The highest BCUT2D eigenvalue weighted by Gasteiger charge is 1.36. The van der Waals surface area contributed by atoms with Gasteiger partial charge < -0.3 is 0 Å². The molecule has 4 heavy (non-hydrogen) atoms. The first-order valence-electron chi connectivity index (χ1n) is 1.13. The van der Waals surface area contributed by atoms with Crippen LogP contribution in [0, 0.1) is 0 Å². The third-order valence-corrected chi connectivity index (χ3v) is 0.845.